The second-order valence-corrected chi connectivity index (χ2v) is 5.56. The zero-order valence-electron chi connectivity index (χ0n) is 9.66. The summed E-state index contributed by atoms with van der Waals surface area (Å²) in [4.78, 5) is 16.1. The summed E-state index contributed by atoms with van der Waals surface area (Å²) in [5, 5.41) is 0.502. The van der Waals surface area contributed by atoms with Gasteiger partial charge in [0.15, 0.2) is 0 Å². The highest BCUT2D eigenvalue weighted by molar-refractivity contribution is 6.29. The fourth-order valence-electron chi connectivity index (χ4n) is 2.35. The number of aromatic nitrogens is 1. The maximum atomic E-state index is 12.1. The van der Waals surface area contributed by atoms with Crippen LogP contribution in [-0.4, -0.2) is 10.8 Å². The number of halogens is 1. The van der Waals surface area contributed by atoms with Crippen LogP contribution >= 0.6 is 11.6 Å². The summed E-state index contributed by atoms with van der Waals surface area (Å²) < 4.78 is 0. The van der Waals surface area contributed by atoms with Gasteiger partial charge in [0, 0.05) is 17.5 Å². The summed E-state index contributed by atoms with van der Waals surface area (Å²) >= 11 is 5.72. The van der Waals surface area contributed by atoms with Crippen LogP contribution in [0.2, 0.25) is 5.15 Å². The average Bonchev–Trinajstić information content (AvgIpc) is 2.49. The Kier molecular flexibility index (Phi) is 3.02. The molecule has 1 saturated carbocycles. The Morgan fingerprint density at radius 3 is 2.75 bits per heavy atom. The molecule has 0 spiro atoms. The van der Waals surface area contributed by atoms with Crippen molar-refractivity contribution in [3.8, 4) is 0 Å². The number of nitrogens with zero attached hydrogens (tertiary/aromatic N) is 1. The monoisotopic (exact) mass is 237 g/mol. The molecule has 86 valence electrons. The van der Waals surface area contributed by atoms with Crippen molar-refractivity contribution < 1.29 is 4.79 Å². The first-order chi connectivity index (χ1) is 7.49. The standard InChI is InChI=1S/C13H16ClNO/c1-13(2)6-5-10(12(13)16)7-9-3-4-11(14)15-8-9/h3-4,8,10H,5-7H2,1-2H3. The van der Waals surface area contributed by atoms with Gasteiger partial charge in [0.1, 0.15) is 10.9 Å². The second-order valence-electron chi connectivity index (χ2n) is 5.18. The van der Waals surface area contributed by atoms with Gasteiger partial charge in [0.25, 0.3) is 0 Å². The Labute approximate surface area is 101 Å². The Balaban J connectivity index is 2.07. The first kappa shape index (κ1) is 11.6. The van der Waals surface area contributed by atoms with E-state index in [9.17, 15) is 4.79 Å². The molecule has 1 atom stereocenters. The fraction of sp³-hybridized carbons (Fsp3) is 0.538. The van der Waals surface area contributed by atoms with Gasteiger partial charge in [0.05, 0.1) is 0 Å². The molecule has 1 heterocycles. The van der Waals surface area contributed by atoms with Crippen LogP contribution in [0.4, 0.5) is 0 Å². The predicted molar refractivity (Wildman–Crippen MR) is 64.5 cm³/mol. The molecule has 1 fully saturated rings. The summed E-state index contributed by atoms with van der Waals surface area (Å²) in [6.07, 6.45) is 4.55. The highest BCUT2D eigenvalue weighted by Gasteiger charge is 2.39. The maximum Gasteiger partial charge on any atom is 0.141 e. The molecule has 0 bridgehead atoms. The van der Waals surface area contributed by atoms with Gasteiger partial charge in [-0.15, -0.1) is 0 Å². The van der Waals surface area contributed by atoms with E-state index < -0.39 is 0 Å². The van der Waals surface area contributed by atoms with E-state index >= 15 is 0 Å². The van der Waals surface area contributed by atoms with Gasteiger partial charge in [-0.25, -0.2) is 4.98 Å². The quantitative estimate of drug-likeness (QED) is 0.739. The Hall–Kier alpha value is -0.890. The third-order valence-electron chi connectivity index (χ3n) is 3.43. The molecule has 1 aliphatic rings. The van der Waals surface area contributed by atoms with Gasteiger partial charge in [0.2, 0.25) is 0 Å². The predicted octanol–water partition coefficient (Wildman–Crippen LogP) is 3.28. The van der Waals surface area contributed by atoms with E-state index in [-0.39, 0.29) is 11.3 Å². The lowest BCUT2D eigenvalue weighted by molar-refractivity contribution is -0.127. The Bertz CT molecular complexity index is 397. The van der Waals surface area contributed by atoms with Gasteiger partial charge in [-0.1, -0.05) is 31.5 Å². The van der Waals surface area contributed by atoms with Crippen molar-refractivity contribution >= 4 is 17.4 Å². The normalized spacial score (nSPS) is 23.7. The first-order valence-corrected chi connectivity index (χ1v) is 6.01. The fourth-order valence-corrected chi connectivity index (χ4v) is 2.46. The molecular formula is C13H16ClNO. The maximum absolute atomic E-state index is 12.1. The third-order valence-corrected chi connectivity index (χ3v) is 3.65. The Morgan fingerprint density at radius 2 is 2.25 bits per heavy atom. The number of Topliss-reactive ketones (excluding diaryl/α,β-unsaturated/α-hetero) is 1. The largest absolute Gasteiger partial charge is 0.299 e. The molecule has 0 aliphatic heterocycles. The van der Waals surface area contributed by atoms with E-state index in [4.69, 9.17) is 11.6 Å². The molecule has 1 aliphatic carbocycles. The van der Waals surface area contributed by atoms with Crippen LogP contribution < -0.4 is 0 Å². The smallest absolute Gasteiger partial charge is 0.141 e. The van der Waals surface area contributed by atoms with Gasteiger partial charge >= 0.3 is 0 Å². The number of rotatable bonds is 2. The summed E-state index contributed by atoms with van der Waals surface area (Å²) in [5.74, 6) is 0.556. The summed E-state index contributed by atoms with van der Waals surface area (Å²) in [6.45, 7) is 4.07. The van der Waals surface area contributed by atoms with Crippen molar-refractivity contribution in [1.82, 2.24) is 4.98 Å². The minimum Gasteiger partial charge on any atom is -0.299 e. The molecule has 0 aromatic carbocycles. The highest BCUT2D eigenvalue weighted by Crippen LogP contribution is 2.38. The van der Waals surface area contributed by atoms with Crippen LogP contribution in [0.3, 0.4) is 0 Å². The molecule has 0 radical (unpaired) electrons. The summed E-state index contributed by atoms with van der Waals surface area (Å²) in [6, 6.07) is 3.73. The van der Waals surface area contributed by atoms with Crippen molar-refractivity contribution in [1.29, 1.82) is 0 Å². The minimum atomic E-state index is -0.134. The lowest BCUT2D eigenvalue weighted by Gasteiger charge is -2.15. The van der Waals surface area contributed by atoms with E-state index in [0.29, 0.717) is 10.9 Å². The first-order valence-electron chi connectivity index (χ1n) is 5.64. The van der Waals surface area contributed by atoms with E-state index in [2.05, 4.69) is 4.98 Å². The van der Waals surface area contributed by atoms with Crippen LogP contribution in [0.15, 0.2) is 18.3 Å². The topological polar surface area (TPSA) is 30.0 Å². The number of carbonyl (C=O) groups excluding carboxylic acids is 1. The van der Waals surface area contributed by atoms with Crippen LogP contribution in [0.25, 0.3) is 0 Å². The van der Waals surface area contributed by atoms with Crippen molar-refractivity contribution in [3.63, 3.8) is 0 Å². The van der Waals surface area contributed by atoms with Gasteiger partial charge in [-0.05, 0) is 30.9 Å². The van der Waals surface area contributed by atoms with Crippen LogP contribution in [0.1, 0.15) is 32.3 Å². The van der Waals surface area contributed by atoms with Gasteiger partial charge in [-0.3, -0.25) is 4.79 Å². The van der Waals surface area contributed by atoms with Gasteiger partial charge < -0.3 is 0 Å². The molecular weight excluding hydrogens is 222 g/mol. The lowest BCUT2D eigenvalue weighted by Crippen LogP contribution is -2.22. The zero-order valence-corrected chi connectivity index (χ0v) is 10.4. The SMILES string of the molecule is CC1(C)CCC(Cc2ccc(Cl)nc2)C1=O. The molecule has 1 aromatic rings. The lowest BCUT2D eigenvalue weighted by atomic mass is 9.87. The number of ketones is 1. The molecule has 0 amide bonds. The van der Waals surface area contributed by atoms with Crippen molar-refractivity contribution in [2.24, 2.45) is 11.3 Å². The molecule has 0 N–H and O–H groups in total. The second kappa shape index (κ2) is 4.17. The zero-order chi connectivity index (χ0) is 11.8. The molecule has 2 nitrogen and oxygen atoms in total. The Morgan fingerprint density at radius 1 is 1.50 bits per heavy atom. The molecule has 3 heteroatoms. The van der Waals surface area contributed by atoms with E-state index in [1.165, 1.54) is 0 Å². The van der Waals surface area contributed by atoms with Crippen molar-refractivity contribution in [2.45, 2.75) is 33.1 Å². The number of pyridine rings is 1. The van der Waals surface area contributed by atoms with Crippen LogP contribution in [0, 0.1) is 11.3 Å². The number of carbonyl (C=O) groups is 1. The van der Waals surface area contributed by atoms with Crippen LogP contribution in [-0.2, 0) is 11.2 Å². The molecule has 2 rings (SSSR count). The highest BCUT2D eigenvalue weighted by atomic mass is 35.5. The minimum absolute atomic E-state index is 0.134. The molecule has 1 unspecified atom stereocenters. The average molecular weight is 238 g/mol. The van der Waals surface area contributed by atoms with E-state index in [1.807, 2.05) is 19.9 Å². The molecule has 16 heavy (non-hydrogen) atoms. The number of hydrogen-bond acceptors (Lipinski definition) is 2. The van der Waals surface area contributed by atoms with Gasteiger partial charge in [-0.2, -0.15) is 0 Å². The molecule has 1 aromatic heterocycles. The molecule has 0 saturated heterocycles. The van der Waals surface area contributed by atoms with Crippen molar-refractivity contribution in [3.05, 3.63) is 29.0 Å². The van der Waals surface area contributed by atoms with Crippen LogP contribution in [0.5, 0.6) is 0 Å². The summed E-state index contributed by atoms with van der Waals surface area (Å²) in [5.41, 5.74) is 0.963. The third kappa shape index (κ3) is 2.27. The van der Waals surface area contributed by atoms with Crippen molar-refractivity contribution in [2.75, 3.05) is 0 Å². The van der Waals surface area contributed by atoms with E-state index in [0.717, 1.165) is 24.8 Å². The summed E-state index contributed by atoms with van der Waals surface area (Å²) in [7, 11) is 0. The van der Waals surface area contributed by atoms with E-state index in [1.54, 1.807) is 12.3 Å². The number of hydrogen-bond donors (Lipinski definition) is 0.